The van der Waals surface area contributed by atoms with Crippen LogP contribution in [-0.2, 0) is 9.59 Å². The van der Waals surface area contributed by atoms with Gasteiger partial charge >= 0.3 is 0 Å². The van der Waals surface area contributed by atoms with Gasteiger partial charge in [0, 0.05) is 18.0 Å². The molecule has 0 aliphatic heterocycles. The van der Waals surface area contributed by atoms with Crippen LogP contribution in [0.1, 0.15) is 27.7 Å². The number of carbonyl (C=O) groups is 2. The van der Waals surface area contributed by atoms with E-state index in [0.29, 0.717) is 5.82 Å². The van der Waals surface area contributed by atoms with E-state index in [-0.39, 0.29) is 29.6 Å². The Balaban J connectivity index is 2.74. The van der Waals surface area contributed by atoms with Gasteiger partial charge in [-0.1, -0.05) is 27.7 Å². The van der Waals surface area contributed by atoms with Crippen LogP contribution in [0.15, 0.2) is 12.3 Å². The molecule has 1 aromatic rings. The number of hydrogen-bond acceptors (Lipinski definition) is 4. The SMILES string of the molecule is CC(C)C(=O)Nc1ccnc(NC(=O)C(C)C)n1. The molecule has 0 aliphatic rings. The Hall–Kier alpha value is -1.98. The Morgan fingerprint density at radius 1 is 1.06 bits per heavy atom. The summed E-state index contributed by atoms with van der Waals surface area (Å²) < 4.78 is 0. The largest absolute Gasteiger partial charge is 0.310 e. The number of carbonyl (C=O) groups excluding carboxylic acids is 2. The number of anilines is 2. The molecule has 0 spiro atoms. The lowest BCUT2D eigenvalue weighted by Gasteiger charge is -2.09. The second-order valence-electron chi connectivity index (χ2n) is 4.55. The van der Waals surface area contributed by atoms with Gasteiger partial charge in [0.1, 0.15) is 5.82 Å². The first kappa shape index (κ1) is 14.1. The maximum absolute atomic E-state index is 11.5. The van der Waals surface area contributed by atoms with E-state index < -0.39 is 0 Å². The summed E-state index contributed by atoms with van der Waals surface area (Å²) in [5, 5.41) is 5.21. The van der Waals surface area contributed by atoms with Crippen LogP contribution in [0, 0.1) is 11.8 Å². The quantitative estimate of drug-likeness (QED) is 0.851. The Labute approximate surface area is 106 Å². The minimum atomic E-state index is -0.165. The van der Waals surface area contributed by atoms with Crippen molar-refractivity contribution < 1.29 is 9.59 Å². The molecule has 0 aromatic carbocycles. The van der Waals surface area contributed by atoms with E-state index in [4.69, 9.17) is 0 Å². The molecule has 1 heterocycles. The van der Waals surface area contributed by atoms with Gasteiger partial charge in [0.25, 0.3) is 0 Å². The Morgan fingerprint density at radius 3 is 2.17 bits per heavy atom. The van der Waals surface area contributed by atoms with Crippen LogP contribution in [-0.4, -0.2) is 21.8 Å². The molecule has 0 atom stereocenters. The van der Waals surface area contributed by atoms with Gasteiger partial charge in [0.2, 0.25) is 17.8 Å². The molecule has 0 saturated heterocycles. The van der Waals surface area contributed by atoms with Crippen molar-refractivity contribution >= 4 is 23.6 Å². The minimum absolute atomic E-state index is 0.130. The second kappa shape index (κ2) is 6.09. The summed E-state index contributed by atoms with van der Waals surface area (Å²) in [6, 6.07) is 1.57. The van der Waals surface area contributed by atoms with Gasteiger partial charge in [-0.05, 0) is 6.07 Å². The zero-order valence-electron chi connectivity index (χ0n) is 11.0. The maximum Gasteiger partial charge on any atom is 0.231 e. The van der Waals surface area contributed by atoms with Crippen LogP contribution < -0.4 is 10.6 Å². The van der Waals surface area contributed by atoms with E-state index in [9.17, 15) is 9.59 Å². The Morgan fingerprint density at radius 2 is 1.61 bits per heavy atom. The van der Waals surface area contributed by atoms with Crippen LogP contribution >= 0.6 is 0 Å². The zero-order valence-corrected chi connectivity index (χ0v) is 11.0. The van der Waals surface area contributed by atoms with E-state index in [1.165, 1.54) is 6.20 Å². The summed E-state index contributed by atoms with van der Waals surface area (Å²) in [6.07, 6.45) is 1.48. The third-order valence-corrected chi connectivity index (χ3v) is 2.19. The first-order valence-corrected chi connectivity index (χ1v) is 5.85. The van der Waals surface area contributed by atoms with Gasteiger partial charge in [-0.25, -0.2) is 4.98 Å². The molecule has 0 unspecified atom stereocenters. The van der Waals surface area contributed by atoms with E-state index in [2.05, 4.69) is 20.6 Å². The van der Waals surface area contributed by atoms with Gasteiger partial charge < -0.3 is 5.32 Å². The monoisotopic (exact) mass is 250 g/mol. The molecule has 18 heavy (non-hydrogen) atoms. The Kier molecular flexibility index (Phi) is 4.76. The van der Waals surface area contributed by atoms with Gasteiger partial charge in [-0.3, -0.25) is 14.9 Å². The molecule has 6 heteroatoms. The van der Waals surface area contributed by atoms with Crippen molar-refractivity contribution in [3.63, 3.8) is 0 Å². The molecule has 0 fully saturated rings. The first-order valence-electron chi connectivity index (χ1n) is 5.85. The van der Waals surface area contributed by atoms with Gasteiger partial charge in [0.15, 0.2) is 0 Å². The van der Waals surface area contributed by atoms with Crippen molar-refractivity contribution in [2.45, 2.75) is 27.7 Å². The average Bonchev–Trinajstić information content (AvgIpc) is 2.29. The number of amides is 2. The van der Waals surface area contributed by atoms with Crippen molar-refractivity contribution in [1.29, 1.82) is 0 Å². The van der Waals surface area contributed by atoms with Crippen LogP contribution in [0.25, 0.3) is 0 Å². The number of hydrogen-bond donors (Lipinski definition) is 2. The molecule has 0 bridgehead atoms. The minimum Gasteiger partial charge on any atom is -0.310 e. The predicted octanol–water partition coefficient (Wildman–Crippen LogP) is 1.67. The van der Waals surface area contributed by atoms with Crippen LogP contribution in [0.4, 0.5) is 11.8 Å². The van der Waals surface area contributed by atoms with Gasteiger partial charge in [-0.2, -0.15) is 4.98 Å². The van der Waals surface area contributed by atoms with E-state index in [1.54, 1.807) is 33.8 Å². The zero-order chi connectivity index (χ0) is 13.7. The summed E-state index contributed by atoms with van der Waals surface area (Å²) >= 11 is 0. The predicted molar refractivity (Wildman–Crippen MR) is 69.0 cm³/mol. The summed E-state index contributed by atoms with van der Waals surface area (Å²) in [7, 11) is 0. The van der Waals surface area contributed by atoms with Crippen LogP contribution in [0.2, 0.25) is 0 Å². The van der Waals surface area contributed by atoms with Crippen molar-refractivity contribution in [3.05, 3.63) is 12.3 Å². The molecule has 98 valence electrons. The number of nitrogens with one attached hydrogen (secondary N) is 2. The second-order valence-corrected chi connectivity index (χ2v) is 4.55. The van der Waals surface area contributed by atoms with Crippen molar-refractivity contribution in [2.75, 3.05) is 10.6 Å². The highest BCUT2D eigenvalue weighted by Crippen LogP contribution is 2.08. The molecule has 1 aromatic heterocycles. The fraction of sp³-hybridized carbons (Fsp3) is 0.500. The fourth-order valence-corrected chi connectivity index (χ4v) is 1.01. The smallest absolute Gasteiger partial charge is 0.231 e. The lowest BCUT2D eigenvalue weighted by atomic mass is 10.2. The lowest BCUT2D eigenvalue weighted by Crippen LogP contribution is -2.21. The first-order chi connectivity index (χ1) is 8.40. The molecule has 1 rings (SSSR count). The average molecular weight is 250 g/mol. The molecule has 2 N–H and O–H groups in total. The highest BCUT2D eigenvalue weighted by molar-refractivity contribution is 5.92. The van der Waals surface area contributed by atoms with E-state index >= 15 is 0 Å². The highest BCUT2D eigenvalue weighted by atomic mass is 16.2. The van der Waals surface area contributed by atoms with Gasteiger partial charge in [0.05, 0.1) is 0 Å². The fourth-order valence-electron chi connectivity index (χ4n) is 1.01. The molecule has 0 saturated carbocycles. The third kappa shape index (κ3) is 4.12. The lowest BCUT2D eigenvalue weighted by molar-refractivity contribution is -0.119. The van der Waals surface area contributed by atoms with Crippen molar-refractivity contribution in [2.24, 2.45) is 11.8 Å². The topological polar surface area (TPSA) is 84.0 Å². The maximum atomic E-state index is 11.5. The van der Waals surface area contributed by atoms with Crippen molar-refractivity contribution in [3.8, 4) is 0 Å². The highest BCUT2D eigenvalue weighted by Gasteiger charge is 2.11. The van der Waals surface area contributed by atoms with Gasteiger partial charge in [-0.15, -0.1) is 0 Å². The third-order valence-electron chi connectivity index (χ3n) is 2.19. The summed E-state index contributed by atoms with van der Waals surface area (Å²) in [5.74, 6) is -0.00799. The number of rotatable bonds is 4. The standard InChI is InChI=1S/C12H18N4O2/c1-7(2)10(17)14-9-5-6-13-12(15-9)16-11(18)8(3)4/h5-8H,1-4H3,(H2,13,14,15,16,17,18). The van der Waals surface area contributed by atoms with E-state index in [0.717, 1.165) is 0 Å². The molecular formula is C12H18N4O2. The molecule has 0 aliphatic carbocycles. The molecular weight excluding hydrogens is 232 g/mol. The molecule has 0 radical (unpaired) electrons. The van der Waals surface area contributed by atoms with Crippen LogP contribution in [0.3, 0.4) is 0 Å². The van der Waals surface area contributed by atoms with Crippen LogP contribution in [0.5, 0.6) is 0 Å². The molecule has 6 nitrogen and oxygen atoms in total. The molecule has 2 amide bonds. The van der Waals surface area contributed by atoms with E-state index in [1.807, 2.05) is 0 Å². The number of aromatic nitrogens is 2. The normalized spacial score (nSPS) is 10.6. The number of nitrogens with zero attached hydrogens (tertiary/aromatic N) is 2. The Bertz CT molecular complexity index is 406. The summed E-state index contributed by atoms with van der Waals surface area (Å²) in [4.78, 5) is 30.9. The summed E-state index contributed by atoms with van der Waals surface area (Å²) in [6.45, 7) is 7.13. The van der Waals surface area contributed by atoms with Crippen molar-refractivity contribution in [1.82, 2.24) is 9.97 Å². The summed E-state index contributed by atoms with van der Waals surface area (Å²) in [5.41, 5.74) is 0.